The van der Waals surface area contributed by atoms with Crippen LogP contribution in [-0.4, -0.2) is 62.7 Å². The molecule has 1 aromatic carbocycles. The molecule has 2 fully saturated rings. The van der Waals surface area contributed by atoms with Crippen molar-refractivity contribution in [1.29, 1.82) is 0 Å². The van der Waals surface area contributed by atoms with Crippen LogP contribution >= 0.6 is 11.3 Å². The number of piperidine rings is 1. The monoisotopic (exact) mass is 441 g/mol. The van der Waals surface area contributed by atoms with Crippen molar-refractivity contribution in [3.05, 3.63) is 41.3 Å². The summed E-state index contributed by atoms with van der Waals surface area (Å²) >= 11 is 1.52. The molecule has 2 saturated heterocycles. The van der Waals surface area contributed by atoms with Crippen LogP contribution in [0.15, 0.2) is 36.4 Å². The van der Waals surface area contributed by atoms with E-state index in [2.05, 4.69) is 29.3 Å². The molecule has 0 saturated carbocycles. The van der Waals surface area contributed by atoms with Gasteiger partial charge in [-0.25, -0.2) is 0 Å². The first-order valence-corrected chi connectivity index (χ1v) is 12.0. The standard InChI is InChI=1S/C24H31N3O3S/c1-18-6-5-11-27(17-18)22(28)9-10-25-23(29)21-16-20(19-7-3-2-4-8-19)24(31-21)26-12-14-30-15-13-26/h2-4,7-8,16,18H,5-6,9-15,17H2,1H3,(H,25,29). The molecule has 1 atom stereocenters. The number of rotatable bonds is 6. The van der Waals surface area contributed by atoms with Crippen molar-refractivity contribution in [3.8, 4) is 11.1 Å². The minimum Gasteiger partial charge on any atom is -0.378 e. The maximum absolute atomic E-state index is 12.9. The second-order valence-electron chi connectivity index (χ2n) is 8.39. The maximum Gasteiger partial charge on any atom is 0.261 e. The molecule has 2 aliphatic rings. The Kier molecular flexibility index (Phi) is 7.25. The molecule has 0 spiro atoms. The summed E-state index contributed by atoms with van der Waals surface area (Å²) in [6.45, 7) is 7.28. The first kappa shape index (κ1) is 21.8. The zero-order valence-corrected chi connectivity index (χ0v) is 19.0. The van der Waals surface area contributed by atoms with Crippen molar-refractivity contribution in [1.82, 2.24) is 10.2 Å². The van der Waals surface area contributed by atoms with Crippen LogP contribution in [-0.2, 0) is 9.53 Å². The molecule has 166 valence electrons. The van der Waals surface area contributed by atoms with Crippen molar-refractivity contribution >= 4 is 28.2 Å². The molecule has 0 aliphatic carbocycles. The van der Waals surface area contributed by atoms with Crippen LogP contribution < -0.4 is 10.2 Å². The molecule has 6 nitrogen and oxygen atoms in total. The van der Waals surface area contributed by atoms with Crippen molar-refractivity contribution in [2.45, 2.75) is 26.2 Å². The molecule has 2 aliphatic heterocycles. The number of benzene rings is 1. The van der Waals surface area contributed by atoms with Gasteiger partial charge in [0.1, 0.15) is 0 Å². The third-order valence-electron chi connectivity index (χ3n) is 5.95. The molecular weight excluding hydrogens is 410 g/mol. The van der Waals surface area contributed by atoms with Crippen molar-refractivity contribution in [3.63, 3.8) is 0 Å². The second-order valence-corrected chi connectivity index (χ2v) is 9.42. The van der Waals surface area contributed by atoms with Gasteiger partial charge in [0, 0.05) is 44.7 Å². The van der Waals surface area contributed by atoms with E-state index in [-0.39, 0.29) is 11.8 Å². The smallest absolute Gasteiger partial charge is 0.261 e. The van der Waals surface area contributed by atoms with Crippen LogP contribution in [0.4, 0.5) is 5.00 Å². The van der Waals surface area contributed by atoms with Gasteiger partial charge in [-0.3, -0.25) is 9.59 Å². The van der Waals surface area contributed by atoms with E-state index >= 15 is 0 Å². The van der Waals surface area contributed by atoms with Crippen molar-refractivity contribution in [2.24, 2.45) is 5.92 Å². The van der Waals surface area contributed by atoms with E-state index in [1.165, 1.54) is 17.8 Å². The number of amides is 2. The summed E-state index contributed by atoms with van der Waals surface area (Å²) in [4.78, 5) is 30.3. The Labute approximate surface area is 188 Å². The van der Waals surface area contributed by atoms with Crippen LogP contribution in [0, 0.1) is 5.92 Å². The number of likely N-dealkylation sites (tertiary alicyclic amines) is 1. The minimum absolute atomic E-state index is 0.110. The number of morpholine rings is 1. The zero-order valence-electron chi connectivity index (χ0n) is 18.1. The lowest BCUT2D eigenvalue weighted by molar-refractivity contribution is -0.132. The Hall–Kier alpha value is -2.38. The summed E-state index contributed by atoms with van der Waals surface area (Å²) in [5.41, 5.74) is 2.18. The summed E-state index contributed by atoms with van der Waals surface area (Å²) < 4.78 is 5.50. The van der Waals surface area contributed by atoms with Gasteiger partial charge in [-0.05, 0) is 30.4 Å². The third kappa shape index (κ3) is 5.46. The molecule has 4 rings (SSSR count). The predicted molar refractivity (Wildman–Crippen MR) is 125 cm³/mol. The number of carbonyl (C=O) groups excluding carboxylic acids is 2. The summed E-state index contributed by atoms with van der Waals surface area (Å²) in [5, 5.41) is 4.07. The molecule has 31 heavy (non-hydrogen) atoms. The van der Waals surface area contributed by atoms with Crippen LogP contribution in [0.5, 0.6) is 0 Å². The summed E-state index contributed by atoms with van der Waals surface area (Å²) in [6, 6.07) is 12.2. The third-order valence-corrected chi connectivity index (χ3v) is 7.15. The molecule has 2 amide bonds. The lowest BCUT2D eigenvalue weighted by atomic mass is 10.00. The fraction of sp³-hybridized carbons (Fsp3) is 0.500. The van der Waals surface area contributed by atoms with Gasteiger partial charge in [0.15, 0.2) is 0 Å². The average molecular weight is 442 g/mol. The zero-order chi connectivity index (χ0) is 21.6. The van der Waals surface area contributed by atoms with E-state index < -0.39 is 0 Å². The van der Waals surface area contributed by atoms with Crippen molar-refractivity contribution < 1.29 is 14.3 Å². The molecular formula is C24H31N3O3S. The van der Waals surface area contributed by atoms with Crippen LogP contribution in [0.1, 0.15) is 35.9 Å². The van der Waals surface area contributed by atoms with E-state index in [0.717, 1.165) is 48.7 Å². The van der Waals surface area contributed by atoms with Gasteiger partial charge in [0.2, 0.25) is 5.91 Å². The van der Waals surface area contributed by atoms with Gasteiger partial charge in [-0.15, -0.1) is 11.3 Å². The number of ether oxygens (including phenoxy) is 1. The van der Waals surface area contributed by atoms with Gasteiger partial charge < -0.3 is 19.9 Å². The van der Waals surface area contributed by atoms with E-state index in [1.807, 2.05) is 29.2 Å². The Morgan fingerprint density at radius 2 is 1.94 bits per heavy atom. The van der Waals surface area contributed by atoms with Crippen LogP contribution in [0.25, 0.3) is 11.1 Å². The van der Waals surface area contributed by atoms with Gasteiger partial charge in [-0.2, -0.15) is 0 Å². The predicted octanol–water partition coefficient (Wildman–Crippen LogP) is 3.63. The number of hydrogen-bond acceptors (Lipinski definition) is 5. The first-order valence-electron chi connectivity index (χ1n) is 11.2. The van der Waals surface area contributed by atoms with Gasteiger partial charge in [-0.1, -0.05) is 37.3 Å². The highest BCUT2D eigenvalue weighted by atomic mass is 32.1. The number of carbonyl (C=O) groups is 2. The highest BCUT2D eigenvalue weighted by Crippen LogP contribution is 2.39. The largest absolute Gasteiger partial charge is 0.378 e. The molecule has 3 heterocycles. The van der Waals surface area contributed by atoms with Gasteiger partial charge >= 0.3 is 0 Å². The highest BCUT2D eigenvalue weighted by molar-refractivity contribution is 7.18. The number of anilines is 1. The SMILES string of the molecule is CC1CCCN(C(=O)CCNC(=O)c2cc(-c3ccccc3)c(N3CCOCC3)s2)C1. The summed E-state index contributed by atoms with van der Waals surface area (Å²) in [7, 11) is 0. The van der Waals surface area contributed by atoms with Crippen molar-refractivity contribution in [2.75, 3.05) is 50.8 Å². The summed E-state index contributed by atoms with van der Waals surface area (Å²) in [5.74, 6) is 0.590. The fourth-order valence-electron chi connectivity index (χ4n) is 4.26. The Bertz CT molecular complexity index is 893. The van der Waals surface area contributed by atoms with E-state index in [1.54, 1.807) is 0 Å². The highest BCUT2D eigenvalue weighted by Gasteiger charge is 2.23. The number of hydrogen-bond donors (Lipinski definition) is 1. The molecule has 7 heteroatoms. The fourth-order valence-corrected chi connectivity index (χ4v) is 5.41. The van der Waals surface area contributed by atoms with E-state index in [0.29, 0.717) is 37.0 Å². The van der Waals surface area contributed by atoms with E-state index in [4.69, 9.17) is 4.74 Å². The average Bonchev–Trinajstić information content (AvgIpc) is 3.26. The molecule has 0 bridgehead atoms. The maximum atomic E-state index is 12.9. The number of nitrogens with zero attached hydrogens (tertiary/aromatic N) is 2. The molecule has 1 unspecified atom stereocenters. The van der Waals surface area contributed by atoms with E-state index in [9.17, 15) is 9.59 Å². The van der Waals surface area contributed by atoms with Gasteiger partial charge in [0.25, 0.3) is 5.91 Å². The first-order chi connectivity index (χ1) is 15.1. The normalized spacial score (nSPS) is 19.3. The second kappa shape index (κ2) is 10.3. The Morgan fingerprint density at radius 3 is 2.68 bits per heavy atom. The molecule has 1 aromatic heterocycles. The number of nitrogens with one attached hydrogen (secondary N) is 1. The minimum atomic E-state index is -0.110. The topological polar surface area (TPSA) is 61.9 Å². The lowest BCUT2D eigenvalue weighted by Gasteiger charge is -2.31. The lowest BCUT2D eigenvalue weighted by Crippen LogP contribution is -2.40. The van der Waals surface area contributed by atoms with Crippen LogP contribution in [0.3, 0.4) is 0 Å². The summed E-state index contributed by atoms with van der Waals surface area (Å²) in [6.07, 6.45) is 2.61. The van der Waals surface area contributed by atoms with Crippen LogP contribution in [0.2, 0.25) is 0 Å². The molecule has 1 N–H and O–H groups in total. The Balaban J connectivity index is 1.41. The number of thiophene rings is 1. The quantitative estimate of drug-likeness (QED) is 0.744. The Morgan fingerprint density at radius 1 is 1.16 bits per heavy atom. The molecule has 2 aromatic rings. The molecule has 0 radical (unpaired) electrons. The van der Waals surface area contributed by atoms with Gasteiger partial charge in [0.05, 0.1) is 23.1 Å².